The summed E-state index contributed by atoms with van der Waals surface area (Å²) < 4.78 is 1.09. The van der Waals surface area contributed by atoms with Gasteiger partial charge in [0.1, 0.15) is 0 Å². The first-order valence-electron chi connectivity index (χ1n) is 7.87. The van der Waals surface area contributed by atoms with Crippen LogP contribution in [-0.2, 0) is 10.2 Å². The molecule has 1 aromatic rings. The summed E-state index contributed by atoms with van der Waals surface area (Å²) in [5.74, 6) is 0.0448. The summed E-state index contributed by atoms with van der Waals surface area (Å²) in [7, 11) is 0. The molecule has 1 amide bonds. The van der Waals surface area contributed by atoms with Crippen LogP contribution in [0.15, 0.2) is 28.7 Å². The summed E-state index contributed by atoms with van der Waals surface area (Å²) in [5.41, 5.74) is 7.06. The monoisotopic (exact) mass is 386 g/mol. The highest BCUT2D eigenvalue weighted by atomic mass is 79.9. The Kier molecular flexibility index (Phi) is 5.57. The zero-order valence-electron chi connectivity index (χ0n) is 12.7. The molecule has 0 saturated heterocycles. The van der Waals surface area contributed by atoms with Crippen LogP contribution in [0.25, 0.3) is 0 Å². The lowest BCUT2D eigenvalue weighted by Crippen LogP contribution is -2.55. The molecule has 3 rings (SSSR count). The van der Waals surface area contributed by atoms with Gasteiger partial charge in [-0.15, -0.1) is 12.4 Å². The van der Waals surface area contributed by atoms with Gasteiger partial charge >= 0.3 is 0 Å². The maximum atomic E-state index is 12.4. The van der Waals surface area contributed by atoms with Gasteiger partial charge in [-0.05, 0) is 43.4 Å². The van der Waals surface area contributed by atoms with Crippen molar-refractivity contribution < 1.29 is 4.79 Å². The zero-order chi connectivity index (χ0) is 14.9. The molecule has 2 aliphatic carbocycles. The molecule has 2 saturated carbocycles. The van der Waals surface area contributed by atoms with E-state index in [-0.39, 0.29) is 23.7 Å². The number of nitrogens with two attached hydrogens (primary N) is 1. The summed E-state index contributed by atoms with van der Waals surface area (Å²) in [6.45, 7) is 0.715. The second-order valence-corrected chi connectivity index (χ2v) is 7.60. The van der Waals surface area contributed by atoms with Crippen LogP contribution < -0.4 is 11.1 Å². The molecule has 0 bridgehead atoms. The van der Waals surface area contributed by atoms with Crippen molar-refractivity contribution >= 4 is 34.2 Å². The highest BCUT2D eigenvalue weighted by Crippen LogP contribution is 2.43. The molecule has 0 atom stereocenters. The molecule has 0 aromatic heterocycles. The molecule has 22 heavy (non-hydrogen) atoms. The second kappa shape index (κ2) is 6.90. The van der Waals surface area contributed by atoms with E-state index in [1.54, 1.807) is 0 Å². The molecule has 1 aromatic carbocycles. The molecule has 3 N–H and O–H groups in total. The highest BCUT2D eigenvalue weighted by Gasteiger charge is 2.42. The number of benzene rings is 1. The first-order chi connectivity index (χ1) is 10.0. The number of halogens is 2. The minimum atomic E-state index is -0.620. The first-order valence-corrected chi connectivity index (χ1v) is 8.67. The number of carbonyl (C=O) groups excluding carboxylic acids is 1. The summed E-state index contributed by atoms with van der Waals surface area (Å²) in [4.78, 5) is 12.4. The van der Waals surface area contributed by atoms with Crippen molar-refractivity contribution in [1.29, 1.82) is 0 Å². The molecular weight excluding hydrogens is 364 g/mol. The molecule has 2 aliphatic rings. The van der Waals surface area contributed by atoms with Gasteiger partial charge in [0.2, 0.25) is 5.91 Å². The number of rotatable bonds is 4. The lowest BCUT2D eigenvalue weighted by Gasteiger charge is -2.43. The smallest absolute Gasteiger partial charge is 0.240 e. The standard InChI is InChI=1S/C17H23BrN2O.ClH/c18-14-6-4-13(5-7-14)16(8-3-9-16)12-20-15(21)17(19)10-1-2-11-17;/h4-7H,1-3,8-12,19H2,(H,20,21);1H. The molecule has 5 heteroatoms. The number of hydrogen-bond donors (Lipinski definition) is 2. The minimum absolute atomic E-state index is 0. The van der Waals surface area contributed by atoms with Crippen LogP contribution in [0.3, 0.4) is 0 Å². The normalized spacial score (nSPS) is 21.5. The molecular formula is C17H24BrClN2O. The van der Waals surface area contributed by atoms with Gasteiger partial charge in [-0.3, -0.25) is 4.79 Å². The van der Waals surface area contributed by atoms with E-state index < -0.39 is 5.54 Å². The third-order valence-electron chi connectivity index (χ3n) is 5.30. The van der Waals surface area contributed by atoms with E-state index in [2.05, 4.69) is 45.5 Å². The van der Waals surface area contributed by atoms with Crippen molar-refractivity contribution in [2.45, 2.75) is 55.9 Å². The van der Waals surface area contributed by atoms with Crippen molar-refractivity contribution in [1.82, 2.24) is 5.32 Å². The van der Waals surface area contributed by atoms with E-state index in [1.165, 1.54) is 12.0 Å². The number of hydrogen-bond acceptors (Lipinski definition) is 2. The summed E-state index contributed by atoms with van der Waals surface area (Å²) in [5, 5.41) is 3.15. The van der Waals surface area contributed by atoms with Gasteiger partial charge in [0.25, 0.3) is 0 Å². The topological polar surface area (TPSA) is 55.1 Å². The van der Waals surface area contributed by atoms with Crippen LogP contribution in [0.1, 0.15) is 50.5 Å². The van der Waals surface area contributed by atoms with Crippen molar-refractivity contribution in [2.24, 2.45) is 5.73 Å². The van der Waals surface area contributed by atoms with E-state index >= 15 is 0 Å². The van der Waals surface area contributed by atoms with Gasteiger partial charge in [-0.2, -0.15) is 0 Å². The average molecular weight is 388 g/mol. The largest absolute Gasteiger partial charge is 0.354 e. The minimum Gasteiger partial charge on any atom is -0.354 e. The van der Waals surface area contributed by atoms with E-state index in [0.29, 0.717) is 6.54 Å². The van der Waals surface area contributed by atoms with E-state index in [9.17, 15) is 4.79 Å². The van der Waals surface area contributed by atoms with E-state index in [0.717, 1.165) is 43.0 Å². The van der Waals surface area contributed by atoms with Crippen molar-refractivity contribution in [3.8, 4) is 0 Å². The quantitative estimate of drug-likeness (QED) is 0.828. The van der Waals surface area contributed by atoms with Crippen LogP contribution in [0, 0.1) is 0 Å². The Morgan fingerprint density at radius 2 is 1.68 bits per heavy atom. The Bertz CT molecular complexity index is 522. The maximum Gasteiger partial charge on any atom is 0.240 e. The van der Waals surface area contributed by atoms with Crippen LogP contribution in [-0.4, -0.2) is 18.0 Å². The number of nitrogens with one attached hydrogen (secondary N) is 1. The first kappa shape index (κ1) is 17.8. The maximum absolute atomic E-state index is 12.4. The van der Waals surface area contributed by atoms with Crippen LogP contribution in [0.2, 0.25) is 0 Å². The van der Waals surface area contributed by atoms with Crippen LogP contribution >= 0.6 is 28.3 Å². The fourth-order valence-corrected chi connectivity index (χ4v) is 3.90. The van der Waals surface area contributed by atoms with Gasteiger partial charge in [0.15, 0.2) is 0 Å². The third-order valence-corrected chi connectivity index (χ3v) is 5.83. The van der Waals surface area contributed by atoms with Crippen LogP contribution in [0.5, 0.6) is 0 Å². The fourth-order valence-electron chi connectivity index (χ4n) is 3.63. The Hall–Kier alpha value is -0.580. The number of amides is 1. The second-order valence-electron chi connectivity index (χ2n) is 6.69. The van der Waals surface area contributed by atoms with Gasteiger partial charge in [0, 0.05) is 16.4 Å². The summed E-state index contributed by atoms with van der Waals surface area (Å²) >= 11 is 3.48. The predicted octanol–water partition coefficient (Wildman–Crippen LogP) is 3.68. The number of carbonyl (C=O) groups is 1. The molecule has 2 fully saturated rings. The Morgan fingerprint density at radius 1 is 1.09 bits per heavy atom. The molecule has 0 aliphatic heterocycles. The zero-order valence-corrected chi connectivity index (χ0v) is 15.1. The van der Waals surface area contributed by atoms with Crippen molar-refractivity contribution in [3.05, 3.63) is 34.3 Å². The SMILES string of the molecule is Cl.NC1(C(=O)NCC2(c3ccc(Br)cc3)CCC2)CCCC1. The Balaban J connectivity index is 0.00000176. The van der Waals surface area contributed by atoms with E-state index in [4.69, 9.17) is 5.73 Å². The average Bonchev–Trinajstić information content (AvgIpc) is 2.87. The Morgan fingerprint density at radius 3 is 2.18 bits per heavy atom. The lowest BCUT2D eigenvalue weighted by molar-refractivity contribution is -0.126. The van der Waals surface area contributed by atoms with Crippen LogP contribution in [0.4, 0.5) is 0 Å². The van der Waals surface area contributed by atoms with E-state index in [1.807, 2.05) is 0 Å². The van der Waals surface area contributed by atoms with Crippen molar-refractivity contribution in [3.63, 3.8) is 0 Å². The molecule has 3 nitrogen and oxygen atoms in total. The van der Waals surface area contributed by atoms with Gasteiger partial charge in [0.05, 0.1) is 5.54 Å². The van der Waals surface area contributed by atoms with Crippen molar-refractivity contribution in [2.75, 3.05) is 6.54 Å². The molecule has 0 unspecified atom stereocenters. The highest BCUT2D eigenvalue weighted by molar-refractivity contribution is 9.10. The Labute approximate surface area is 147 Å². The molecule has 0 heterocycles. The summed E-state index contributed by atoms with van der Waals surface area (Å²) in [6, 6.07) is 8.50. The van der Waals surface area contributed by atoms with Gasteiger partial charge in [-0.25, -0.2) is 0 Å². The fraction of sp³-hybridized carbons (Fsp3) is 0.588. The third kappa shape index (κ3) is 3.34. The van der Waals surface area contributed by atoms with Gasteiger partial charge in [-0.1, -0.05) is 47.3 Å². The molecule has 0 radical (unpaired) electrons. The van der Waals surface area contributed by atoms with Gasteiger partial charge < -0.3 is 11.1 Å². The summed E-state index contributed by atoms with van der Waals surface area (Å²) in [6.07, 6.45) is 7.32. The lowest BCUT2D eigenvalue weighted by atomic mass is 9.64. The molecule has 0 spiro atoms. The molecule has 122 valence electrons. The predicted molar refractivity (Wildman–Crippen MR) is 95.3 cm³/mol.